The van der Waals surface area contributed by atoms with Crippen molar-refractivity contribution in [1.82, 2.24) is 14.3 Å². The van der Waals surface area contributed by atoms with Crippen LogP contribution in [0.1, 0.15) is 103 Å². The number of unbranched alkanes of at least 4 members (excludes halogenated alkanes) is 7. The summed E-state index contributed by atoms with van der Waals surface area (Å²) in [5.41, 5.74) is 5.37. The largest absolute Gasteiger partial charge is 0.372 e. The van der Waals surface area contributed by atoms with Crippen molar-refractivity contribution in [2.45, 2.75) is 108 Å². The molecule has 0 aromatic carbocycles. The zero-order valence-electron chi connectivity index (χ0n) is 22.0. The molecular formula is C26H47N5O3S. The van der Waals surface area contributed by atoms with Crippen LogP contribution in [0.25, 0.3) is 0 Å². The van der Waals surface area contributed by atoms with Gasteiger partial charge in [-0.25, -0.2) is 18.4 Å². The van der Waals surface area contributed by atoms with E-state index in [0.29, 0.717) is 26.2 Å². The third kappa shape index (κ3) is 9.01. The van der Waals surface area contributed by atoms with Gasteiger partial charge in [-0.1, -0.05) is 71.1 Å². The maximum Gasteiger partial charge on any atom is 0.225 e. The average Bonchev–Trinajstić information content (AvgIpc) is 2.87. The minimum atomic E-state index is -3.25. The van der Waals surface area contributed by atoms with Crippen molar-refractivity contribution in [2.24, 2.45) is 5.73 Å². The minimum absolute atomic E-state index is 0.250. The van der Waals surface area contributed by atoms with Crippen molar-refractivity contribution in [3.05, 3.63) is 18.0 Å². The summed E-state index contributed by atoms with van der Waals surface area (Å²) < 4.78 is 27.6. The molecule has 0 atom stereocenters. The van der Waals surface area contributed by atoms with Crippen molar-refractivity contribution in [1.29, 1.82) is 0 Å². The Morgan fingerprint density at radius 3 is 1.97 bits per heavy atom. The number of hydrogen-bond donors (Lipinski definition) is 1. The SMILES string of the molecule is CCCCCCCCCCc1cnc(N2CCN(S(=O)(=O)C3(C)CCCCC3)CC2)nc1.NC=O. The van der Waals surface area contributed by atoms with Crippen LogP contribution in [0.5, 0.6) is 0 Å². The van der Waals surface area contributed by atoms with Gasteiger partial charge in [0.05, 0.1) is 4.75 Å². The number of hydrogen-bond acceptors (Lipinski definition) is 6. The Bertz CT molecular complexity index is 818. The van der Waals surface area contributed by atoms with Crippen LogP contribution in [0.2, 0.25) is 0 Å². The van der Waals surface area contributed by atoms with Gasteiger partial charge >= 0.3 is 0 Å². The van der Waals surface area contributed by atoms with E-state index < -0.39 is 14.8 Å². The molecule has 200 valence electrons. The first-order valence-electron chi connectivity index (χ1n) is 13.6. The second-order valence-electron chi connectivity index (χ2n) is 10.2. The second kappa shape index (κ2) is 15.4. The van der Waals surface area contributed by atoms with E-state index in [9.17, 15) is 8.42 Å². The van der Waals surface area contributed by atoms with E-state index in [2.05, 4.69) is 27.5 Å². The molecule has 8 nitrogen and oxygen atoms in total. The second-order valence-corrected chi connectivity index (χ2v) is 12.6. The van der Waals surface area contributed by atoms with E-state index in [4.69, 9.17) is 4.79 Å². The van der Waals surface area contributed by atoms with Gasteiger partial charge in [0.25, 0.3) is 0 Å². The highest BCUT2D eigenvalue weighted by atomic mass is 32.2. The summed E-state index contributed by atoms with van der Waals surface area (Å²) in [4.78, 5) is 19.9. The predicted octanol–water partition coefficient (Wildman–Crippen LogP) is 4.44. The van der Waals surface area contributed by atoms with E-state index in [1.54, 1.807) is 4.31 Å². The Labute approximate surface area is 213 Å². The van der Waals surface area contributed by atoms with Crippen LogP contribution < -0.4 is 10.6 Å². The van der Waals surface area contributed by atoms with Gasteiger partial charge in [-0.3, -0.25) is 4.79 Å². The van der Waals surface area contributed by atoms with Gasteiger partial charge in [0.15, 0.2) is 0 Å². The van der Waals surface area contributed by atoms with Gasteiger partial charge < -0.3 is 10.6 Å². The molecule has 1 aromatic heterocycles. The molecule has 0 spiro atoms. The Hall–Kier alpha value is -1.74. The van der Waals surface area contributed by atoms with Gasteiger partial charge in [0, 0.05) is 38.6 Å². The molecule has 1 saturated carbocycles. The van der Waals surface area contributed by atoms with E-state index in [1.165, 1.54) is 56.9 Å². The number of sulfonamides is 1. The highest BCUT2D eigenvalue weighted by Crippen LogP contribution is 2.37. The summed E-state index contributed by atoms with van der Waals surface area (Å²) in [6.45, 7) is 6.58. The lowest BCUT2D eigenvalue weighted by Gasteiger charge is -2.41. The van der Waals surface area contributed by atoms with Crippen LogP contribution in [0.15, 0.2) is 12.4 Å². The quantitative estimate of drug-likeness (QED) is 0.330. The number of piperazine rings is 1. The van der Waals surface area contributed by atoms with Crippen LogP contribution in [-0.4, -0.2) is 60.0 Å². The fraction of sp³-hybridized carbons (Fsp3) is 0.808. The number of nitrogens with two attached hydrogens (primary N) is 1. The first kappa shape index (κ1) is 29.5. The van der Waals surface area contributed by atoms with Gasteiger partial charge in [0.2, 0.25) is 22.4 Å². The number of carbonyl (C=O) groups is 1. The van der Waals surface area contributed by atoms with Gasteiger partial charge in [-0.2, -0.15) is 4.31 Å². The summed E-state index contributed by atoms with van der Waals surface area (Å²) >= 11 is 0. The number of nitrogens with zero attached hydrogens (tertiary/aromatic N) is 4. The maximum atomic E-state index is 13.2. The molecule has 35 heavy (non-hydrogen) atoms. The van der Waals surface area contributed by atoms with Crippen LogP contribution >= 0.6 is 0 Å². The number of primary amides is 1. The highest BCUT2D eigenvalue weighted by Gasteiger charge is 2.44. The normalized spacial score (nSPS) is 18.5. The van der Waals surface area contributed by atoms with Crippen molar-refractivity contribution < 1.29 is 13.2 Å². The number of anilines is 1. The molecule has 3 rings (SSSR count). The first-order chi connectivity index (χ1) is 16.9. The molecular weight excluding hydrogens is 462 g/mol. The first-order valence-corrected chi connectivity index (χ1v) is 15.0. The molecule has 2 fully saturated rings. The smallest absolute Gasteiger partial charge is 0.225 e. The molecule has 1 aromatic rings. The van der Waals surface area contributed by atoms with E-state index in [-0.39, 0.29) is 6.41 Å². The number of rotatable bonds is 12. The molecule has 1 aliphatic carbocycles. The fourth-order valence-corrected chi connectivity index (χ4v) is 7.17. The summed E-state index contributed by atoms with van der Waals surface area (Å²) in [7, 11) is -3.25. The Kier molecular flexibility index (Phi) is 13.0. The summed E-state index contributed by atoms with van der Waals surface area (Å²) in [5, 5.41) is 0. The molecule has 0 radical (unpaired) electrons. The van der Waals surface area contributed by atoms with Crippen molar-refractivity contribution in [3.8, 4) is 0 Å². The monoisotopic (exact) mass is 509 g/mol. The third-order valence-corrected chi connectivity index (χ3v) is 10.1. The van der Waals surface area contributed by atoms with Crippen LogP contribution in [-0.2, 0) is 21.2 Å². The lowest BCUT2D eigenvalue weighted by atomic mass is 9.90. The molecule has 1 aliphatic heterocycles. The summed E-state index contributed by atoms with van der Waals surface area (Å²) in [6.07, 6.45) is 20.6. The number of aryl methyl sites for hydroxylation is 1. The van der Waals surface area contributed by atoms with E-state index >= 15 is 0 Å². The van der Waals surface area contributed by atoms with E-state index in [1.807, 2.05) is 19.3 Å². The van der Waals surface area contributed by atoms with Crippen LogP contribution in [0.4, 0.5) is 5.95 Å². The molecule has 1 amide bonds. The maximum absolute atomic E-state index is 13.2. The van der Waals surface area contributed by atoms with E-state index in [0.717, 1.165) is 44.5 Å². The predicted molar refractivity (Wildman–Crippen MR) is 143 cm³/mol. The highest BCUT2D eigenvalue weighted by molar-refractivity contribution is 7.90. The number of aromatic nitrogens is 2. The minimum Gasteiger partial charge on any atom is -0.372 e. The van der Waals surface area contributed by atoms with Gasteiger partial charge in [0.1, 0.15) is 0 Å². The lowest BCUT2D eigenvalue weighted by Crippen LogP contribution is -2.55. The Balaban J connectivity index is 0.00000137. The summed E-state index contributed by atoms with van der Waals surface area (Å²) in [6, 6.07) is 0. The van der Waals surface area contributed by atoms with Crippen LogP contribution in [0.3, 0.4) is 0 Å². The van der Waals surface area contributed by atoms with Crippen molar-refractivity contribution >= 4 is 22.4 Å². The molecule has 2 heterocycles. The lowest BCUT2D eigenvalue weighted by molar-refractivity contribution is -0.106. The Morgan fingerprint density at radius 1 is 0.914 bits per heavy atom. The molecule has 0 bridgehead atoms. The molecule has 2 aliphatic rings. The topological polar surface area (TPSA) is 109 Å². The zero-order chi connectivity index (χ0) is 25.6. The van der Waals surface area contributed by atoms with Gasteiger partial charge in [-0.15, -0.1) is 0 Å². The van der Waals surface area contributed by atoms with Crippen molar-refractivity contribution in [3.63, 3.8) is 0 Å². The summed E-state index contributed by atoms with van der Waals surface area (Å²) in [5.74, 6) is 0.727. The zero-order valence-corrected chi connectivity index (χ0v) is 22.8. The standard InChI is InChI=1S/C25H44N4O2S.CH3NO/c1-3-4-5-6-7-8-9-11-14-23-21-26-24(27-22-23)28-17-19-29(20-18-28)32(30,31)25(2)15-12-10-13-16-25;2-1-3/h21-22H,3-20H2,1-2H3;1H,(H2,2,3). The van der Waals surface area contributed by atoms with Gasteiger partial charge in [-0.05, 0) is 38.2 Å². The average molecular weight is 510 g/mol. The number of carbonyl (C=O) groups excluding carboxylic acids is 1. The number of amides is 1. The molecule has 2 N–H and O–H groups in total. The molecule has 0 unspecified atom stereocenters. The third-order valence-electron chi connectivity index (χ3n) is 7.41. The molecule has 1 saturated heterocycles. The molecule has 9 heteroatoms. The Morgan fingerprint density at radius 2 is 1.43 bits per heavy atom. The fourth-order valence-electron chi connectivity index (χ4n) is 5.10. The van der Waals surface area contributed by atoms with Crippen LogP contribution in [0, 0.1) is 0 Å². The van der Waals surface area contributed by atoms with Crippen molar-refractivity contribution in [2.75, 3.05) is 31.1 Å².